The average molecular weight is 317 g/mol. The van der Waals surface area contributed by atoms with Crippen molar-refractivity contribution >= 4 is 11.9 Å². The number of hydrogen-bond acceptors (Lipinski definition) is 6. The molecule has 1 saturated heterocycles. The zero-order chi connectivity index (χ0) is 16.5. The van der Waals surface area contributed by atoms with Gasteiger partial charge in [0, 0.05) is 25.0 Å². The third-order valence-electron chi connectivity index (χ3n) is 3.44. The molecule has 1 aliphatic heterocycles. The van der Waals surface area contributed by atoms with Crippen molar-refractivity contribution in [3.63, 3.8) is 0 Å². The van der Waals surface area contributed by atoms with Crippen LogP contribution in [0.4, 0.5) is 0 Å². The quantitative estimate of drug-likeness (QED) is 0.629. The number of aromatic nitrogens is 2. The lowest BCUT2D eigenvalue weighted by Gasteiger charge is -2.26. The van der Waals surface area contributed by atoms with Crippen LogP contribution < -0.4 is 9.85 Å². The third-order valence-corrected chi connectivity index (χ3v) is 3.44. The van der Waals surface area contributed by atoms with Crippen LogP contribution >= 0.6 is 0 Å². The van der Waals surface area contributed by atoms with Gasteiger partial charge < -0.3 is 14.7 Å². The first-order valence-corrected chi connectivity index (χ1v) is 7.32. The second-order valence-corrected chi connectivity index (χ2v) is 6.47. The molecular weight excluding hydrogens is 294 g/mol. The van der Waals surface area contributed by atoms with Gasteiger partial charge in [0.25, 0.3) is 6.29 Å². The molecule has 1 N–H and O–H groups in total. The minimum atomic E-state index is -0.784. The molecule has 0 spiro atoms. The molecule has 9 nitrogen and oxygen atoms in total. The zero-order valence-electron chi connectivity index (χ0n) is 13.3. The first-order chi connectivity index (χ1) is 10.2. The standard InChI is InChI=1S/C13H23N3O6/c1-9(20-12(19)13(2,3)4)21-16-15(22-16)14-7-5-10(6-8-14)11(17)18/h9-10H,5-8H2,1-4H3,(H,17,18). The molecule has 0 radical (unpaired) electrons. The molecule has 0 aliphatic carbocycles. The summed E-state index contributed by atoms with van der Waals surface area (Å²) in [5.74, 6) is -1.44. The van der Waals surface area contributed by atoms with Crippen LogP contribution in [-0.2, 0) is 14.3 Å². The second-order valence-electron chi connectivity index (χ2n) is 6.47. The van der Waals surface area contributed by atoms with Crippen molar-refractivity contribution in [2.24, 2.45) is 11.3 Å². The highest BCUT2D eigenvalue weighted by Crippen LogP contribution is 2.18. The number of carboxylic acid groups (broad SMARTS) is 1. The Kier molecular flexibility index (Phi) is 4.43. The highest BCUT2D eigenvalue weighted by Gasteiger charge is 2.31. The highest BCUT2D eigenvalue weighted by molar-refractivity contribution is 5.75. The Morgan fingerprint density at radius 2 is 1.86 bits per heavy atom. The fraction of sp³-hybridized carbons (Fsp3) is 0.846. The Labute approximate surface area is 128 Å². The Morgan fingerprint density at radius 1 is 1.27 bits per heavy atom. The van der Waals surface area contributed by atoms with Gasteiger partial charge in [-0.1, -0.05) is 0 Å². The van der Waals surface area contributed by atoms with E-state index < -0.39 is 17.7 Å². The van der Waals surface area contributed by atoms with Gasteiger partial charge in [0.1, 0.15) is 5.02 Å². The van der Waals surface area contributed by atoms with Gasteiger partial charge in [-0.05, 0) is 33.6 Å². The van der Waals surface area contributed by atoms with Crippen LogP contribution in [0.3, 0.4) is 0 Å². The molecule has 1 aromatic rings. The summed E-state index contributed by atoms with van der Waals surface area (Å²) in [6, 6.07) is 0. The molecule has 2 rings (SSSR count). The molecule has 0 amide bonds. The summed E-state index contributed by atoms with van der Waals surface area (Å²) in [6.07, 6.45) is 0.322. The summed E-state index contributed by atoms with van der Waals surface area (Å²) in [5, 5.41) is 11.9. The molecule has 2 heterocycles. The van der Waals surface area contributed by atoms with Crippen LogP contribution in [0.2, 0.25) is 0 Å². The van der Waals surface area contributed by atoms with E-state index in [0.29, 0.717) is 25.9 Å². The third kappa shape index (κ3) is 3.99. The fourth-order valence-corrected chi connectivity index (χ4v) is 2.02. The van der Waals surface area contributed by atoms with Gasteiger partial charge in [-0.3, -0.25) is 14.6 Å². The average Bonchev–Trinajstić information content (AvgIpc) is 3.16. The maximum atomic E-state index is 11.7. The number of nitrogens with zero attached hydrogens (tertiary/aromatic N) is 3. The molecule has 9 heteroatoms. The number of esters is 1. The normalized spacial score (nSPS) is 18.3. The van der Waals surface area contributed by atoms with E-state index in [1.54, 1.807) is 27.7 Å². The molecule has 22 heavy (non-hydrogen) atoms. The van der Waals surface area contributed by atoms with E-state index in [9.17, 15) is 9.59 Å². The van der Waals surface area contributed by atoms with E-state index in [1.807, 2.05) is 5.01 Å². The van der Waals surface area contributed by atoms with Crippen molar-refractivity contribution in [2.45, 2.75) is 46.8 Å². The molecule has 0 aromatic carbocycles. The van der Waals surface area contributed by atoms with E-state index in [1.165, 1.54) is 4.96 Å². The first-order valence-electron chi connectivity index (χ1n) is 7.32. The number of hydrogen-bond donors (Lipinski definition) is 1. The molecule has 1 fully saturated rings. The minimum absolute atomic E-state index is 0.308. The lowest BCUT2D eigenvalue weighted by Crippen LogP contribution is -2.42. The molecule has 0 bridgehead atoms. The van der Waals surface area contributed by atoms with Gasteiger partial charge in [0.15, 0.2) is 0 Å². The minimum Gasteiger partial charge on any atom is -0.481 e. The lowest BCUT2D eigenvalue weighted by atomic mass is 9.97. The van der Waals surface area contributed by atoms with Crippen molar-refractivity contribution in [1.82, 2.24) is 9.98 Å². The molecule has 0 saturated carbocycles. The van der Waals surface area contributed by atoms with Crippen LogP contribution in [0.1, 0.15) is 40.5 Å². The topological polar surface area (TPSA) is 99.1 Å². The molecule has 1 aromatic heterocycles. The van der Waals surface area contributed by atoms with Crippen LogP contribution in [0.25, 0.3) is 0 Å². The van der Waals surface area contributed by atoms with Crippen LogP contribution in [0, 0.1) is 11.3 Å². The Morgan fingerprint density at radius 3 is 2.36 bits per heavy atom. The number of ether oxygens (including phenoxy) is 1. The van der Waals surface area contributed by atoms with Crippen molar-refractivity contribution in [3.8, 4) is 0 Å². The first kappa shape index (κ1) is 16.3. The predicted molar refractivity (Wildman–Crippen MR) is 74.6 cm³/mol. The Hall–Kier alpha value is -2.06. The van der Waals surface area contributed by atoms with E-state index in [4.69, 9.17) is 19.3 Å². The summed E-state index contributed by atoms with van der Waals surface area (Å²) in [4.78, 5) is 29.3. The molecule has 1 aliphatic rings. The summed E-state index contributed by atoms with van der Waals surface area (Å²) >= 11 is 0. The maximum absolute atomic E-state index is 11.7. The smallest absolute Gasteiger partial charge is 0.314 e. The molecular formula is C13H23N3O6. The summed E-state index contributed by atoms with van der Waals surface area (Å²) in [5.41, 5.74) is -0.601. The number of rotatable bonds is 5. The summed E-state index contributed by atoms with van der Waals surface area (Å²) < 4.78 is 10.3. The van der Waals surface area contributed by atoms with Gasteiger partial charge in [-0.25, -0.2) is 0 Å². The van der Waals surface area contributed by atoms with E-state index in [-0.39, 0.29) is 11.9 Å². The molecule has 1 unspecified atom stereocenters. The van der Waals surface area contributed by atoms with Crippen molar-refractivity contribution in [3.05, 3.63) is 0 Å². The Balaban J connectivity index is 1.77. The van der Waals surface area contributed by atoms with E-state index >= 15 is 0 Å². The van der Waals surface area contributed by atoms with Gasteiger partial charge >= 0.3 is 11.9 Å². The van der Waals surface area contributed by atoms with Crippen molar-refractivity contribution < 1.29 is 28.9 Å². The van der Waals surface area contributed by atoms with Gasteiger partial charge in [0.2, 0.25) is 0 Å². The number of carboxylic acids is 1. The van der Waals surface area contributed by atoms with Gasteiger partial charge in [-0.2, -0.15) is 4.63 Å². The second kappa shape index (κ2) is 5.98. The van der Waals surface area contributed by atoms with Crippen molar-refractivity contribution in [1.29, 1.82) is 0 Å². The summed E-state index contributed by atoms with van der Waals surface area (Å²) in [7, 11) is 0. The number of carbonyl (C=O) groups is 2. The van der Waals surface area contributed by atoms with E-state index in [0.717, 1.165) is 5.02 Å². The number of aliphatic carboxylic acids is 1. The highest BCUT2D eigenvalue weighted by atomic mass is 17.0. The van der Waals surface area contributed by atoms with Crippen LogP contribution in [0.5, 0.6) is 0 Å². The number of piperidine rings is 1. The van der Waals surface area contributed by atoms with Gasteiger partial charge in [-0.15, -0.1) is 0 Å². The maximum Gasteiger partial charge on any atom is 0.314 e. The van der Waals surface area contributed by atoms with Crippen LogP contribution in [-0.4, -0.2) is 46.4 Å². The van der Waals surface area contributed by atoms with Gasteiger partial charge in [0.05, 0.1) is 11.3 Å². The fourth-order valence-electron chi connectivity index (χ4n) is 2.02. The predicted octanol–water partition coefficient (Wildman–Crippen LogP) is 0.679. The SMILES string of the molecule is CC(OC(=O)C(C)(C)C)On1on1N1CCC(C(=O)O)CC1. The van der Waals surface area contributed by atoms with Crippen molar-refractivity contribution in [2.75, 3.05) is 18.1 Å². The van der Waals surface area contributed by atoms with Crippen LogP contribution in [0.15, 0.2) is 4.63 Å². The largest absolute Gasteiger partial charge is 0.481 e. The lowest BCUT2D eigenvalue weighted by molar-refractivity contribution is -0.189. The summed E-state index contributed by atoms with van der Waals surface area (Å²) in [6.45, 7) is 8.00. The zero-order valence-corrected chi connectivity index (χ0v) is 13.3. The van der Waals surface area contributed by atoms with E-state index in [2.05, 4.69) is 0 Å². The monoisotopic (exact) mass is 317 g/mol. The Bertz CT molecular complexity index is 515. The molecule has 126 valence electrons. The molecule has 1 atom stereocenters. The number of carbonyl (C=O) groups excluding carboxylic acids is 1.